The van der Waals surface area contributed by atoms with Crippen molar-refractivity contribution in [1.29, 1.82) is 0 Å². The van der Waals surface area contributed by atoms with Crippen LogP contribution in [0.5, 0.6) is 0 Å². The first-order valence-corrected chi connectivity index (χ1v) is 4.74. The average Bonchev–Trinajstić information content (AvgIpc) is 2.10. The lowest BCUT2D eigenvalue weighted by Gasteiger charge is -2.14. The molecule has 0 spiro atoms. The van der Waals surface area contributed by atoms with Crippen LogP contribution in [0.3, 0.4) is 0 Å². The highest BCUT2D eigenvalue weighted by molar-refractivity contribution is 6.00. The van der Waals surface area contributed by atoms with Gasteiger partial charge < -0.3 is 9.47 Å². The molecule has 86 valence electrons. The molecule has 0 aromatic rings. The van der Waals surface area contributed by atoms with Crippen molar-refractivity contribution in [2.45, 2.75) is 33.3 Å². The SMILES string of the molecule is CCOC(COC(C)=O)C(=O)CC(C)=O. The van der Waals surface area contributed by atoms with Gasteiger partial charge in [0.15, 0.2) is 11.9 Å². The first-order valence-electron chi connectivity index (χ1n) is 4.74. The summed E-state index contributed by atoms with van der Waals surface area (Å²) in [6.45, 7) is 4.50. The molecular formula is C10H16O5. The lowest BCUT2D eigenvalue weighted by atomic mass is 10.1. The summed E-state index contributed by atoms with van der Waals surface area (Å²) in [7, 11) is 0. The normalized spacial score (nSPS) is 11.9. The van der Waals surface area contributed by atoms with E-state index in [1.165, 1.54) is 13.8 Å². The fourth-order valence-corrected chi connectivity index (χ4v) is 0.987. The molecule has 5 heteroatoms. The molecule has 0 aliphatic rings. The molecule has 1 unspecified atom stereocenters. The number of esters is 1. The van der Waals surface area contributed by atoms with E-state index in [1.807, 2.05) is 0 Å². The summed E-state index contributed by atoms with van der Waals surface area (Å²) in [6.07, 6.45) is -1.02. The summed E-state index contributed by atoms with van der Waals surface area (Å²) in [5.74, 6) is -1.06. The highest BCUT2D eigenvalue weighted by atomic mass is 16.6. The van der Waals surface area contributed by atoms with Crippen LogP contribution in [-0.2, 0) is 23.9 Å². The van der Waals surface area contributed by atoms with Crippen molar-refractivity contribution in [2.75, 3.05) is 13.2 Å². The van der Waals surface area contributed by atoms with Crippen molar-refractivity contribution in [3.8, 4) is 0 Å². The largest absolute Gasteiger partial charge is 0.463 e. The van der Waals surface area contributed by atoms with Crippen LogP contribution in [-0.4, -0.2) is 36.9 Å². The Hall–Kier alpha value is -1.23. The van der Waals surface area contributed by atoms with Crippen LogP contribution in [0.2, 0.25) is 0 Å². The van der Waals surface area contributed by atoms with Gasteiger partial charge in [-0.3, -0.25) is 14.4 Å². The van der Waals surface area contributed by atoms with Crippen molar-refractivity contribution in [3.63, 3.8) is 0 Å². The molecule has 0 aromatic heterocycles. The van der Waals surface area contributed by atoms with Gasteiger partial charge in [0.2, 0.25) is 0 Å². The molecule has 5 nitrogen and oxygen atoms in total. The number of carbonyl (C=O) groups excluding carboxylic acids is 3. The lowest BCUT2D eigenvalue weighted by molar-refractivity contribution is -0.149. The Balaban J connectivity index is 4.17. The van der Waals surface area contributed by atoms with Crippen molar-refractivity contribution >= 4 is 17.5 Å². The number of ketones is 2. The van der Waals surface area contributed by atoms with E-state index in [4.69, 9.17) is 4.74 Å². The van der Waals surface area contributed by atoms with Crippen LogP contribution in [0, 0.1) is 0 Å². The van der Waals surface area contributed by atoms with E-state index in [0.717, 1.165) is 0 Å². The van der Waals surface area contributed by atoms with Gasteiger partial charge in [-0.1, -0.05) is 0 Å². The zero-order valence-corrected chi connectivity index (χ0v) is 9.24. The molecule has 0 heterocycles. The van der Waals surface area contributed by atoms with Crippen molar-refractivity contribution in [3.05, 3.63) is 0 Å². The van der Waals surface area contributed by atoms with Gasteiger partial charge in [0.05, 0.1) is 6.42 Å². The van der Waals surface area contributed by atoms with Crippen LogP contribution in [0.4, 0.5) is 0 Å². The Morgan fingerprint density at radius 1 is 1.20 bits per heavy atom. The molecule has 0 aromatic carbocycles. The van der Waals surface area contributed by atoms with Crippen LogP contribution in [0.1, 0.15) is 27.2 Å². The summed E-state index contributed by atoms with van der Waals surface area (Å²) in [4.78, 5) is 32.7. The molecule has 0 aliphatic heterocycles. The number of hydrogen-bond acceptors (Lipinski definition) is 5. The minimum atomic E-state index is -0.831. The smallest absolute Gasteiger partial charge is 0.302 e. The van der Waals surface area contributed by atoms with Gasteiger partial charge in [0.1, 0.15) is 12.4 Å². The van der Waals surface area contributed by atoms with Gasteiger partial charge in [-0.25, -0.2) is 0 Å². The zero-order valence-electron chi connectivity index (χ0n) is 9.24. The molecule has 0 saturated carbocycles. The average molecular weight is 216 g/mol. The predicted molar refractivity (Wildman–Crippen MR) is 52.4 cm³/mol. The highest BCUT2D eigenvalue weighted by Gasteiger charge is 2.21. The van der Waals surface area contributed by atoms with Gasteiger partial charge in [-0.2, -0.15) is 0 Å². The van der Waals surface area contributed by atoms with Crippen molar-refractivity contribution in [1.82, 2.24) is 0 Å². The first-order chi connectivity index (χ1) is 6.97. The molecule has 0 N–H and O–H groups in total. The third-order valence-electron chi connectivity index (χ3n) is 1.59. The highest BCUT2D eigenvalue weighted by Crippen LogP contribution is 2.00. The quantitative estimate of drug-likeness (QED) is 0.458. The second kappa shape index (κ2) is 7.11. The van der Waals surface area contributed by atoms with E-state index in [2.05, 4.69) is 4.74 Å². The molecule has 0 saturated heterocycles. The molecule has 0 rings (SSSR count). The molecule has 0 aliphatic carbocycles. The maximum Gasteiger partial charge on any atom is 0.302 e. The summed E-state index contributed by atoms with van der Waals surface area (Å²) < 4.78 is 9.74. The number of hydrogen-bond donors (Lipinski definition) is 0. The van der Waals surface area contributed by atoms with E-state index in [-0.39, 0.29) is 24.6 Å². The lowest BCUT2D eigenvalue weighted by Crippen LogP contribution is -2.31. The predicted octanol–water partition coefficient (Wildman–Crippen LogP) is 0.503. The summed E-state index contributed by atoms with van der Waals surface area (Å²) in [5.41, 5.74) is 0. The Labute approximate surface area is 88.7 Å². The summed E-state index contributed by atoms with van der Waals surface area (Å²) in [5, 5.41) is 0. The molecule has 0 bridgehead atoms. The standard InChI is InChI=1S/C10H16O5/c1-4-14-10(6-15-8(3)12)9(13)5-7(2)11/h10H,4-6H2,1-3H3. The number of Topliss-reactive ketones (excluding diaryl/α,β-unsaturated/α-hetero) is 2. The van der Waals surface area contributed by atoms with Gasteiger partial charge in [0.25, 0.3) is 0 Å². The van der Waals surface area contributed by atoms with E-state index >= 15 is 0 Å². The maximum absolute atomic E-state index is 11.4. The zero-order chi connectivity index (χ0) is 11.8. The fraction of sp³-hybridized carbons (Fsp3) is 0.700. The topological polar surface area (TPSA) is 69.7 Å². The second-order valence-corrected chi connectivity index (χ2v) is 3.09. The molecular weight excluding hydrogens is 200 g/mol. The monoisotopic (exact) mass is 216 g/mol. The van der Waals surface area contributed by atoms with Crippen LogP contribution < -0.4 is 0 Å². The Bertz CT molecular complexity index is 246. The van der Waals surface area contributed by atoms with Crippen LogP contribution in [0.15, 0.2) is 0 Å². The molecule has 0 amide bonds. The van der Waals surface area contributed by atoms with E-state index in [0.29, 0.717) is 6.61 Å². The first kappa shape index (κ1) is 13.8. The van der Waals surface area contributed by atoms with Gasteiger partial charge in [-0.05, 0) is 13.8 Å². The maximum atomic E-state index is 11.4. The van der Waals surface area contributed by atoms with Gasteiger partial charge in [-0.15, -0.1) is 0 Å². The number of carbonyl (C=O) groups is 3. The Kier molecular flexibility index (Phi) is 6.53. The third-order valence-corrected chi connectivity index (χ3v) is 1.59. The van der Waals surface area contributed by atoms with Gasteiger partial charge >= 0.3 is 5.97 Å². The third kappa shape index (κ3) is 6.79. The summed E-state index contributed by atoms with van der Waals surface area (Å²) in [6, 6.07) is 0. The molecule has 1 atom stereocenters. The number of rotatable bonds is 7. The minimum absolute atomic E-state index is 0.130. The Morgan fingerprint density at radius 2 is 1.80 bits per heavy atom. The van der Waals surface area contributed by atoms with E-state index in [1.54, 1.807) is 6.92 Å². The number of ether oxygens (including phenoxy) is 2. The second-order valence-electron chi connectivity index (χ2n) is 3.09. The van der Waals surface area contributed by atoms with Crippen molar-refractivity contribution in [2.24, 2.45) is 0 Å². The van der Waals surface area contributed by atoms with Crippen LogP contribution >= 0.6 is 0 Å². The summed E-state index contributed by atoms with van der Waals surface area (Å²) >= 11 is 0. The van der Waals surface area contributed by atoms with Crippen molar-refractivity contribution < 1.29 is 23.9 Å². The van der Waals surface area contributed by atoms with Gasteiger partial charge in [0, 0.05) is 13.5 Å². The van der Waals surface area contributed by atoms with E-state index in [9.17, 15) is 14.4 Å². The minimum Gasteiger partial charge on any atom is -0.463 e. The molecule has 0 radical (unpaired) electrons. The van der Waals surface area contributed by atoms with E-state index < -0.39 is 12.1 Å². The fourth-order valence-electron chi connectivity index (χ4n) is 0.987. The molecule has 0 fully saturated rings. The molecule has 15 heavy (non-hydrogen) atoms. The Morgan fingerprint density at radius 3 is 2.20 bits per heavy atom. The van der Waals surface area contributed by atoms with Crippen LogP contribution in [0.25, 0.3) is 0 Å².